The number of halogens is 1. The normalized spacial score (nSPS) is 20.0. The van der Waals surface area contributed by atoms with Crippen molar-refractivity contribution in [3.05, 3.63) is 94.8 Å². The number of nitrogens with zero attached hydrogens (tertiary/aromatic N) is 1. The summed E-state index contributed by atoms with van der Waals surface area (Å²) < 4.78 is 18.2. The molecule has 1 fully saturated rings. The summed E-state index contributed by atoms with van der Waals surface area (Å²) in [5, 5.41) is 6.55. The molecular formula is C31H32FN3O4. The van der Waals surface area contributed by atoms with Crippen molar-refractivity contribution < 1.29 is 23.5 Å². The molecule has 3 aromatic carbocycles. The van der Waals surface area contributed by atoms with Crippen LogP contribution in [0.5, 0.6) is 0 Å². The van der Waals surface area contributed by atoms with Gasteiger partial charge in [0.15, 0.2) is 0 Å². The van der Waals surface area contributed by atoms with Gasteiger partial charge in [-0.15, -0.1) is 0 Å². The van der Waals surface area contributed by atoms with Gasteiger partial charge < -0.3 is 20.3 Å². The van der Waals surface area contributed by atoms with Crippen molar-refractivity contribution in [3.63, 3.8) is 0 Å². The molecule has 3 aromatic rings. The maximum atomic E-state index is 13.5. The molecule has 2 amide bonds. The highest BCUT2D eigenvalue weighted by molar-refractivity contribution is 5.95. The monoisotopic (exact) mass is 529 g/mol. The standard InChI is InChI=1S/C31H32FN3O4/c1-31(14-13-27(16-31)33-17-28(36)35-18-24-11-12-26(32)15-25(24)19-35)34-29(37)22-7-3-20(4-8-22)21-5-9-23(10-6-21)30(38)39-2/h3-12,15,27,33H,13-14,16-19H2,1-2H3,(H,34,37). The Morgan fingerprint density at radius 2 is 1.59 bits per heavy atom. The fourth-order valence-electron chi connectivity index (χ4n) is 5.49. The molecule has 5 rings (SSSR count). The van der Waals surface area contributed by atoms with Gasteiger partial charge in [-0.1, -0.05) is 30.3 Å². The highest BCUT2D eigenvalue weighted by atomic mass is 19.1. The lowest BCUT2D eigenvalue weighted by atomic mass is 9.98. The number of hydrogen-bond donors (Lipinski definition) is 2. The smallest absolute Gasteiger partial charge is 0.337 e. The molecule has 2 atom stereocenters. The average molecular weight is 530 g/mol. The molecule has 8 heteroatoms. The summed E-state index contributed by atoms with van der Waals surface area (Å²) in [5.41, 5.74) is 4.41. The van der Waals surface area contributed by atoms with Crippen LogP contribution in [0, 0.1) is 5.82 Å². The Bertz CT molecular complexity index is 1390. The van der Waals surface area contributed by atoms with Crippen molar-refractivity contribution in [1.82, 2.24) is 15.5 Å². The number of carbonyl (C=O) groups is 3. The predicted octanol–water partition coefficient (Wildman–Crippen LogP) is 4.45. The van der Waals surface area contributed by atoms with Crippen molar-refractivity contribution in [2.24, 2.45) is 0 Å². The summed E-state index contributed by atoms with van der Waals surface area (Å²) in [5.74, 6) is -0.808. The van der Waals surface area contributed by atoms with Gasteiger partial charge in [0.1, 0.15) is 5.82 Å². The van der Waals surface area contributed by atoms with Crippen LogP contribution >= 0.6 is 0 Å². The zero-order valence-corrected chi connectivity index (χ0v) is 22.1. The van der Waals surface area contributed by atoms with Crippen molar-refractivity contribution in [1.29, 1.82) is 0 Å². The van der Waals surface area contributed by atoms with Gasteiger partial charge in [0, 0.05) is 30.2 Å². The van der Waals surface area contributed by atoms with E-state index in [1.165, 1.54) is 19.2 Å². The number of hydrogen-bond acceptors (Lipinski definition) is 5. The van der Waals surface area contributed by atoms with E-state index in [-0.39, 0.29) is 41.7 Å². The summed E-state index contributed by atoms with van der Waals surface area (Å²) in [7, 11) is 1.35. The van der Waals surface area contributed by atoms with E-state index in [2.05, 4.69) is 10.6 Å². The number of carbonyl (C=O) groups excluding carboxylic acids is 3. The second kappa shape index (κ2) is 11.0. The minimum absolute atomic E-state index is 0.00993. The number of benzene rings is 3. The van der Waals surface area contributed by atoms with Crippen LogP contribution in [-0.2, 0) is 22.6 Å². The third kappa shape index (κ3) is 6.01. The van der Waals surface area contributed by atoms with Crippen LogP contribution in [0.3, 0.4) is 0 Å². The Kier molecular flexibility index (Phi) is 7.48. The van der Waals surface area contributed by atoms with E-state index in [1.807, 2.05) is 31.2 Å². The van der Waals surface area contributed by atoms with Gasteiger partial charge >= 0.3 is 5.97 Å². The molecule has 202 valence electrons. The number of esters is 1. The molecule has 2 aliphatic rings. The maximum absolute atomic E-state index is 13.5. The number of rotatable bonds is 7. The number of methoxy groups -OCH3 is 1. The van der Waals surface area contributed by atoms with Crippen LogP contribution in [0.4, 0.5) is 4.39 Å². The molecule has 1 aliphatic heterocycles. The summed E-state index contributed by atoms with van der Waals surface area (Å²) in [6.45, 7) is 3.19. The third-order valence-corrected chi connectivity index (χ3v) is 7.73. The van der Waals surface area contributed by atoms with Crippen LogP contribution in [0.2, 0.25) is 0 Å². The van der Waals surface area contributed by atoms with Gasteiger partial charge in [-0.3, -0.25) is 9.59 Å². The fraction of sp³-hybridized carbons (Fsp3) is 0.323. The molecule has 0 saturated heterocycles. The van der Waals surface area contributed by atoms with Crippen molar-refractivity contribution in [3.8, 4) is 11.1 Å². The Balaban J connectivity index is 1.11. The summed E-state index contributed by atoms with van der Waals surface area (Å²) in [4.78, 5) is 39.1. The number of fused-ring (bicyclic) bond motifs is 1. The van der Waals surface area contributed by atoms with Gasteiger partial charge in [0.25, 0.3) is 5.91 Å². The van der Waals surface area contributed by atoms with E-state index in [0.29, 0.717) is 24.2 Å². The average Bonchev–Trinajstić information content (AvgIpc) is 3.54. The molecule has 0 spiro atoms. The maximum Gasteiger partial charge on any atom is 0.337 e. The van der Waals surface area contributed by atoms with Crippen molar-refractivity contribution >= 4 is 17.8 Å². The minimum Gasteiger partial charge on any atom is -0.465 e. The van der Waals surface area contributed by atoms with Crippen LogP contribution in [-0.4, -0.2) is 47.9 Å². The summed E-state index contributed by atoms with van der Waals surface area (Å²) in [6, 6.07) is 19.3. The van der Waals surface area contributed by atoms with Crippen molar-refractivity contribution in [2.75, 3.05) is 13.7 Å². The van der Waals surface area contributed by atoms with E-state index in [1.54, 1.807) is 35.2 Å². The van der Waals surface area contributed by atoms with Gasteiger partial charge in [0.05, 0.1) is 19.2 Å². The second-order valence-corrected chi connectivity index (χ2v) is 10.6. The first kappa shape index (κ1) is 26.6. The molecule has 1 saturated carbocycles. The molecule has 0 bridgehead atoms. The Hall–Kier alpha value is -4.04. The molecular weight excluding hydrogens is 497 g/mol. The van der Waals surface area contributed by atoms with Gasteiger partial charge in [-0.2, -0.15) is 0 Å². The highest BCUT2D eigenvalue weighted by Gasteiger charge is 2.37. The van der Waals surface area contributed by atoms with Gasteiger partial charge in [-0.05, 0) is 84.8 Å². The molecule has 7 nitrogen and oxygen atoms in total. The first-order valence-electron chi connectivity index (χ1n) is 13.1. The third-order valence-electron chi connectivity index (χ3n) is 7.73. The predicted molar refractivity (Wildman–Crippen MR) is 145 cm³/mol. The summed E-state index contributed by atoms with van der Waals surface area (Å²) in [6.07, 6.45) is 2.39. The SMILES string of the molecule is COC(=O)c1ccc(-c2ccc(C(=O)NC3(C)CCC(NCC(=O)N4Cc5ccc(F)cc5C4)C3)cc2)cc1. The number of ether oxygens (including phenoxy) is 1. The largest absolute Gasteiger partial charge is 0.465 e. The van der Waals surface area contributed by atoms with E-state index in [9.17, 15) is 18.8 Å². The molecule has 0 aromatic heterocycles. The first-order valence-corrected chi connectivity index (χ1v) is 13.1. The van der Waals surface area contributed by atoms with Crippen LogP contribution in [0.15, 0.2) is 66.7 Å². The van der Waals surface area contributed by atoms with E-state index >= 15 is 0 Å². The van der Waals surface area contributed by atoms with Gasteiger partial charge in [0.2, 0.25) is 5.91 Å². The Labute approximate surface area is 227 Å². The number of nitrogens with one attached hydrogen (secondary N) is 2. The molecule has 1 heterocycles. The fourth-order valence-corrected chi connectivity index (χ4v) is 5.49. The van der Waals surface area contributed by atoms with Crippen LogP contribution in [0.1, 0.15) is 58.0 Å². The molecule has 0 radical (unpaired) electrons. The zero-order chi connectivity index (χ0) is 27.6. The van der Waals surface area contributed by atoms with E-state index in [4.69, 9.17) is 4.74 Å². The highest BCUT2D eigenvalue weighted by Crippen LogP contribution is 2.30. The molecule has 2 unspecified atom stereocenters. The Morgan fingerprint density at radius 1 is 0.949 bits per heavy atom. The first-order chi connectivity index (χ1) is 18.7. The van der Waals surface area contributed by atoms with E-state index in [0.717, 1.165) is 41.5 Å². The molecule has 2 N–H and O–H groups in total. The van der Waals surface area contributed by atoms with Crippen LogP contribution < -0.4 is 10.6 Å². The lowest BCUT2D eigenvalue weighted by Gasteiger charge is -2.26. The van der Waals surface area contributed by atoms with Crippen molar-refractivity contribution in [2.45, 2.75) is 50.9 Å². The quantitative estimate of drug-likeness (QED) is 0.442. The Morgan fingerprint density at radius 3 is 2.26 bits per heavy atom. The van der Waals surface area contributed by atoms with E-state index < -0.39 is 0 Å². The topological polar surface area (TPSA) is 87.7 Å². The van der Waals surface area contributed by atoms with Gasteiger partial charge in [-0.25, -0.2) is 9.18 Å². The lowest BCUT2D eigenvalue weighted by Crippen LogP contribution is -2.46. The minimum atomic E-state index is -0.381. The zero-order valence-electron chi connectivity index (χ0n) is 22.1. The molecule has 39 heavy (non-hydrogen) atoms. The number of amides is 2. The van der Waals surface area contributed by atoms with Crippen LogP contribution in [0.25, 0.3) is 11.1 Å². The molecule has 1 aliphatic carbocycles. The summed E-state index contributed by atoms with van der Waals surface area (Å²) >= 11 is 0. The second-order valence-electron chi connectivity index (χ2n) is 10.6. The lowest BCUT2D eigenvalue weighted by molar-refractivity contribution is -0.131.